The van der Waals surface area contributed by atoms with E-state index in [4.69, 9.17) is 0 Å². The predicted molar refractivity (Wildman–Crippen MR) is 58.1 cm³/mol. The molecule has 2 rings (SSSR count). The zero-order valence-corrected chi connectivity index (χ0v) is 9.30. The van der Waals surface area contributed by atoms with Gasteiger partial charge in [-0.3, -0.25) is 4.79 Å². The SMILES string of the molecule is CCCC1CCC(C(=O)C2CC2)CC1. The lowest BCUT2D eigenvalue weighted by Crippen LogP contribution is -2.22. The number of carbonyl (C=O) groups is 1. The maximum Gasteiger partial charge on any atom is 0.139 e. The number of Topliss-reactive ketones (excluding diaryl/α,β-unsaturated/α-hetero) is 1. The highest BCUT2D eigenvalue weighted by Gasteiger charge is 2.36. The van der Waals surface area contributed by atoms with Crippen LogP contribution >= 0.6 is 0 Å². The van der Waals surface area contributed by atoms with E-state index in [1.54, 1.807) is 0 Å². The summed E-state index contributed by atoms with van der Waals surface area (Å²) in [6.07, 6.45) is 10.1. The largest absolute Gasteiger partial charge is 0.299 e. The van der Waals surface area contributed by atoms with Crippen LogP contribution in [0.4, 0.5) is 0 Å². The van der Waals surface area contributed by atoms with E-state index in [1.165, 1.54) is 51.4 Å². The van der Waals surface area contributed by atoms with Crippen molar-refractivity contribution < 1.29 is 4.79 Å². The molecule has 0 aromatic rings. The highest BCUT2D eigenvalue weighted by Crippen LogP contribution is 2.39. The molecular formula is C13H22O. The Morgan fingerprint density at radius 2 is 1.50 bits per heavy atom. The summed E-state index contributed by atoms with van der Waals surface area (Å²) >= 11 is 0. The highest BCUT2D eigenvalue weighted by molar-refractivity contribution is 5.85. The van der Waals surface area contributed by atoms with E-state index in [0.29, 0.717) is 17.6 Å². The summed E-state index contributed by atoms with van der Waals surface area (Å²) in [7, 11) is 0. The maximum absolute atomic E-state index is 11.8. The van der Waals surface area contributed by atoms with Crippen molar-refractivity contribution >= 4 is 5.78 Å². The minimum absolute atomic E-state index is 0.454. The molecule has 2 saturated carbocycles. The van der Waals surface area contributed by atoms with Crippen LogP contribution in [0.25, 0.3) is 0 Å². The maximum atomic E-state index is 11.8. The first kappa shape index (κ1) is 10.2. The summed E-state index contributed by atoms with van der Waals surface area (Å²) in [6.45, 7) is 2.27. The number of hydrogen-bond acceptors (Lipinski definition) is 1. The molecule has 0 heterocycles. The van der Waals surface area contributed by atoms with Gasteiger partial charge < -0.3 is 0 Å². The van der Waals surface area contributed by atoms with E-state index < -0.39 is 0 Å². The Balaban J connectivity index is 1.74. The van der Waals surface area contributed by atoms with Crippen LogP contribution < -0.4 is 0 Å². The Hall–Kier alpha value is -0.330. The summed E-state index contributed by atoms with van der Waals surface area (Å²) in [5.41, 5.74) is 0. The van der Waals surface area contributed by atoms with Crippen LogP contribution in [-0.2, 0) is 4.79 Å². The van der Waals surface area contributed by atoms with Crippen molar-refractivity contribution in [2.75, 3.05) is 0 Å². The van der Waals surface area contributed by atoms with Gasteiger partial charge >= 0.3 is 0 Å². The first-order chi connectivity index (χ1) is 6.81. The monoisotopic (exact) mass is 194 g/mol. The second-order valence-electron chi connectivity index (χ2n) is 5.18. The van der Waals surface area contributed by atoms with E-state index in [9.17, 15) is 4.79 Å². The molecule has 0 aromatic carbocycles. The van der Waals surface area contributed by atoms with Gasteiger partial charge in [-0.25, -0.2) is 0 Å². The fourth-order valence-electron chi connectivity index (χ4n) is 2.85. The van der Waals surface area contributed by atoms with Crippen LogP contribution in [0.15, 0.2) is 0 Å². The fourth-order valence-corrected chi connectivity index (χ4v) is 2.85. The van der Waals surface area contributed by atoms with E-state index in [0.717, 1.165) is 5.92 Å². The van der Waals surface area contributed by atoms with E-state index in [1.807, 2.05) is 0 Å². The van der Waals surface area contributed by atoms with Gasteiger partial charge in [-0.2, -0.15) is 0 Å². The summed E-state index contributed by atoms with van der Waals surface area (Å²) in [5.74, 6) is 2.49. The molecule has 0 unspecified atom stereocenters. The molecule has 2 aliphatic rings. The first-order valence-corrected chi connectivity index (χ1v) is 6.35. The molecule has 1 heteroatoms. The molecule has 0 radical (unpaired) electrons. The van der Waals surface area contributed by atoms with Gasteiger partial charge in [0.2, 0.25) is 0 Å². The first-order valence-electron chi connectivity index (χ1n) is 6.35. The molecule has 0 aliphatic heterocycles. The van der Waals surface area contributed by atoms with Crippen molar-refractivity contribution in [3.05, 3.63) is 0 Å². The summed E-state index contributed by atoms with van der Waals surface area (Å²) in [5, 5.41) is 0. The lowest BCUT2D eigenvalue weighted by molar-refractivity contribution is -0.125. The van der Waals surface area contributed by atoms with Crippen molar-refractivity contribution in [1.29, 1.82) is 0 Å². The Labute approximate surface area is 87.3 Å². The van der Waals surface area contributed by atoms with Crippen LogP contribution in [0.2, 0.25) is 0 Å². The molecule has 1 nitrogen and oxygen atoms in total. The number of hydrogen-bond donors (Lipinski definition) is 0. The van der Waals surface area contributed by atoms with E-state index >= 15 is 0 Å². The third-order valence-electron chi connectivity index (χ3n) is 3.93. The quantitative estimate of drug-likeness (QED) is 0.668. The normalized spacial score (nSPS) is 32.9. The summed E-state index contributed by atoms with van der Waals surface area (Å²) < 4.78 is 0. The van der Waals surface area contributed by atoms with Gasteiger partial charge in [-0.15, -0.1) is 0 Å². The van der Waals surface area contributed by atoms with Crippen LogP contribution in [0, 0.1) is 17.8 Å². The molecule has 0 amide bonds. The van der Waals surface area contributed by atoms with Gasteiger partial charge in [-0.05, 0) is 44.4 Å². The molecule has 2 aliphatic carbocycles. The average Bonchev–Trinajstić information content (AvgIpc) is 3.02. The lowest BCUT2D eigenvalue weighted by Gasteiger charge is -2.27. The molecule has 2 fully saturated rings. The van der Waals surface area contributed by atoms with Gasteiger partial charge in [0.25, 0.3) is 0 Å². The second kappa shape index (κ2) is 4.46. The van der Waals surface area contributed by atoms with Crippen LogP contribution in [0.3, 0.4) is 0 Å². The van der Waals surface area contributed by atoms with Gasteiger partial charge in [0, 0.05) is 11.8 Å². The number of carbonyl (C=O) groups excluding carboxylic acids is 1. The molecule has 0 atom stereocenters. The van der Waals surface area contributed by atoms with Crippen molar-refractivity contribution in [3.8, 4) is 0 Å². The number of ketones is 1. The minimum Gasteiger partial charge on any atom is -0.299 e. The van der Waals surface area contributed by atoms with Crippen LogP contribution in [0.1, 0.15) is 58.3 Å². The van der Waals surface area contributed by atoms with Crippen LogP contribution in [0.5, 0.6) is 0 Å². The van der Waals surface area contributed by atoms with Crippen LogP contribution in [-0.4, -0.2) is 5.78 Å². The van der Waals surface area contributed by atoms with Gasteiger partial charge in [0.05, 0.1) is 0 Å². The van der Waals surface area contributed by atoms with E-state index in [-0.39, 0.29) is 0 Å². The zero-order valence-electron chi connectivity index (χ0n) is 9.30. The summed E-state index contributed by atoms with van der Waals surface area (Å²) in [4.78, 5) is 11.8. The topological polar surface area (TPSA) is 17.1 Å². The molecule has 0 saturated heterocycles. The zero-order chi connectivity index (χ0) is 9.97. The summed E-state index contributed by atoms with van der Waals surface area (Å²) in [6, 6.07) is 0. The van der Waals surface area contributed by atoms with Gasteiger partial charge in [0.1, 0.15) is 5.78 Å². The second-order valence-corrected chi connectivity index (χ2v) is 5.18. The minimum atomic E-state index is 0.454. The van der Waals surface area contributed by atoms with E-state index in [2.05, 4.69) is 6.92 Å². The van der Waals surface area contributed by atoms with Crippen molar-refractivity contribution in [2.45, 2.75) is 58.3 Å². The Morgan fingerprint density at radius 1 is 1.00 bits per heavy atom. The highest BCUT2D eigenvalue weighted by atomic mass is 16.1. The predicted octanol–water partition coefficient (Wildman–Crippen LogP) is 3.57. The Bertz CT molecular complexity index is 197. The van der Waals surface area contributed by atoms with Crippen molar-refractivity contribution in [3.63, 3.8) is 0 Å². The molecule has 0 spiro atoms. The van der Waals surface area contributed by atoms with Gasteiger partial charge in [-0.1, -0.05) is 19.8 Å². The van der Waals surface area contributed by atoms with Crippen molar-refractivity contribution in [2.24, 2.45) is 17.8 Å². The smallest absolute Gasteiger partial charge is 0.139 e. The standard InChI is InChI=1S/C13H22O/c1-2-3-10-4-6-11(7-5-10)13(14)12-8-9-12/h10-12H,2-9H2,1H3. The number of rotatable bonds is 4. The average molecular weight is 194 g/mol. The molecule has 80 valence electrons. The lowest BCUT2D eigenvalue weighted by atomic mass is 9.77. The Morgan fingerprint density at radius 3 is 1.93 bits per heavy atom. The molecule has 0 bridgehead atoms. The molecule has 0 N–H and O–H groups in total. The van der Waals surface area contributed by atoms with Gasteiger partial charge in [0.15, 0.2) is 0 Å². The molecule has 14 heavy (non-hydrogen) atoms. The Kier molecular flexibility index (Phi) is 3.25. The van der Waals surface area contributed by atoms with Crippen molar-refractivity contribution in [1.82, 2.24) is 0 Å². The third-order valence-corrected chi connectivity index (χ3v) is 3.93. The molecule has 0 aromatic heterocycles. The third kappa shape index (κ3) is 2.37. The fraction of sp³-hybridized carbons (Fsp3) is 0.923. The molecular weight excluding hydrogens is 172 g/mol.